The summed E-state index contributed by atoms with van der Waals surface area (Å²) in [5, 5.41) is 10.9. The van der Waals surface area contributed by atoms with Crippen molar-refractivity contribution < 1.29 is 9.50 Å². The SMILES string of the molecule is Cc1cc(F)ccc1C1(O)CCCC(C)(C)CC1. The van der Waals surface area contributed by atoms with Gasteiger partial charge in [0.15, 0.2) is 0 Å². The number of benzene rings is 1. The Morgan fingerprint density at radius 1 is 1.11 bits per heavy atom. The molecule has 0 bridgehead atoms. The maximum atomic E-state index is 13.2. The molecular formula is C16H23FO. The average Bonchev–Trinajstić information content (AvgIpc) is 2.39. The second kappa shape index (κ2) is 4.65. The van der Waals surface area contributed by atoms with Crippen molar-refractivity contribution in [1.29, 1.82) is 0 Å². The summed E-state index contributed by atoms with van der Waals surface area (Å²) in [7, 11) is 0. The van der Waals surface area contributed by atoms with E-state index in [9.17, 15) is 9.50 Å². The van der Waals surface area contributed by atoms with E-state index in [-0.39, 0.29) is 5.82 Å². The maximum absolute atomic E-state index is 13.2. The molecule has 2 rings (SSSR count). The Morgan fingerprint density at radius 3 is 2.50 bits per heavy atom. The van der Waals surface area contributed by atoms with Crippen LogP contribution in [0.3, 0.4) is 0 Å². The van der Waals surface area contributed by atoms with Crippen LogP contribution in [0.4, 0.5) is 4.39 Å². The van der Waals surface area contributed by atoms with E-state index < -0.39 is 5.60 Å². The van der Waals surface area contributed by atoms with Gasteiger partial charge in [0.1, 0.15) is 5.82 Å². The van der Waals surface area contributed by atoms with Crippen LogP contribution in [0.1, 0.15) is 57.1 Å². The molecule has 1 aliphatic rings. The highest BCUT2D eigenvalue weighted by molar-refractivity contribution is 5.32. The lowest BCUT2D eigenvalue weighted by Crippen LogP contribution is -2.26. The smallest absolute Gasteiger partial charge is 0.123 e. The van der Waals surface area contributed by atoms with E-state index in [1.165, 1.54) is 12.1 Å². The van der Waals surface area contributed by atoms with Crippen molar-refractivity contribution in [3.8, 4) is 0 Å². The molecule has 0 aliphatic heterocycles. The first-order valence-corrected chi connectivity index (χ1v) is 6.81. The van der Waals surface area contributed by atoms with E-state index >= 15 is 0 Å². The Balaban J connectivity index is 2.30. The summed E-state index contributed by atoms with van der Waals surface area (Å²) in [5.74, 6) is -0.228. The van der Waals surface area contributed by atoms with Crippen LogP contribution in [-0.2, 0) is 5.60 Å². The minimum atomic E-state index is -0.772. The Kier molecular flexibility index (Phi) is 3.50. The van der Waals surface area contributed by atoms with Crippen molar-refractivity contribution in [2.75, 3.05) is 0 Å². The third-order valence-corrected chi connectivity index (χ3v) is 4.35. The molecule has 1 N–H and O–H groups in total. The second-order valence-corrected chi connectivity index (χ2v) is 6.51. The zero-order valence-electron chi connectivity index (χ0n) is 11.6. The molecular weight excluding hydrogens is 227 g/mol. The first kappa shape index (κ1) is 13.5. The van der Waals surface area contributed by atoms with Gasteiger partial charge in [-0.2, -0.15) is 0 Å². The number of aryl methyl sites for hydroxylation is 1. The van der Waals surface area contributed by atoms with Crippen LogP contribution < -0.4 is 0 Å². The first-order chi connectivity index (χ1) is 8.32. The van der Waals surface area contributed by atoms with Gasteiger partial charge in [-0.15, -0.1) is 0 Å². The Hall–Kier alpha value is -0.890. The van der Waals surface area contributed by atoms with Gasteiger partial charge in [0.2, 0.25) is 0 Å². The molecule has 1 aliphatic carbocycles. The van der Waals surface area contributed by atoms with E-state index in [4.69, 9.17) is 0 Å². The molecule has 0 heterocycles. The highest BCUT2D eigenvalue weighted by Crippen LogP contribution is 2.43. The summed E-state index contributed by atoms with van der Waals surface area (Å²) in [6, 6.07) is 4.72. The Labute approximate surface area is 109 Å². The van der Waals surface area contributed by atoms with E-state index in [1.807, 2.05) is 6.92 Å². The minimum Gasteiger partial charge on any atom is -0.385 e. The van der Waals surface area contributed by atoms with E-state index in [1.54, 1.807) is 6.07 Å². The largest absolute Gasteiger partial charge is 0.385 e. The van der Waals surface area contributed by atoms with Gasteiger partial charge < -0.3 is 5.11 Å². The second-order valence-electron chi connectivity index (χ2n) is 6.51. The summed E-state index contributed by atoms with van der Waals surface area (Å²) >= 11 is 0. The van der Waals surface area contributed by atoms with E-state index in [2.05, 4.69) is 13.8 Å². The van der Waals surface area contributed by atoms with Crippen molar-refractivity contribution in [1.82, 2.24) is 0 Å². The quantitative estimate of drug-likeness (QED) is 0.736. The van der Waals surface area contributed by atoms with Crippen LogP contribution in [0.15, 0.2) is 18.2 Å². The third-order valence-electron chi connectivity index (χ3n) is 4.35. The molecule has 1 unspecified atom stereocenters. The molecule has 1 aromatic rings. The standard InChI is InChI=1S/C16H23FO/c1-12-11-13(17)5-6-14(12)16(18)8-4-7-15(2,3)9-10-16/h5-6,11,18H,4,7-10H2,1-3H3. The minimum absolute atomic E-state index is 0.228. The molecule has 1 aromatic carbocycles. The topological polar surface area (TPSA) is 20.2 Å². The van der Waals surface area contributed by atoms with Crippen LogP contribution in [0.25, 0.3) is 0 Å². The van der Waals surface area contributed by atoms with Gasteiger partial charge in [0, 0.05) is 0 Å². The van der Waals surface area contributed by atoms with Crippen LogP contribution in [0, 0.1) is 18.2 Å². The molecule has 1 fully saturated rings. The van der Waals surface area contributed by atoms with Crippen molar-refractivity contribution in [2.24, 2.45) is 5.41 Å². The number of hydrogen-bond donors (Lipinski definition) is 1. The predicted molar refractivity (Wildman–Crippen MR) is 71.9 cm³/mol. The fraction of sp³-hybridized carbons (Fsp3) is 0.625. The molecule has 1 atom stereocenters. The van der Waals surface area contributed by atoms with Gasteiger partial charge >= 0.3 is 0 Å². The lowest BCUT2D eigenvalue weighted by atomic mass is 9.81. The summed E-state index contributed by atoms with van der Waals surface area (Å²) in [4.78, 5) is 0. The highest BCUT2D eigenvalue weighted by Gasteiger charge is 2.35. The summed E-state index contributed by atoms with van der Waals surface area (Å²) < 4.78 is 13.2. The summed E-state index contributed by atoms with van der Waals surface area (Å²) in [5.41, 5.74) is 1.29. The van der Waals surface area contributed by atoms with Crippen molar-refractivity contribution >= 4 is 0 Å². The lowest BCUT2D eigenvalue weighted by Gasteiger charge is -2.30. The molecule has 0 radical (unpaired) electrons. The normalized spacial score (nSPS) is 27.8. The zero-order valence-corrected chi connectivity index (χ0v) is 11.6. The summed E-state index contributed by atoms with van der Waals surface area (Å²) in [6.07, 6.45) is 4.74. The van der Waals surface area contributed by atoms with Gasteiger partial charge in [-0.3, -0.25) is 0 Å². The molecule has 18 heavy (non-hydrogen) atoms. The van der Waals surface area contributed by atoms with E-state index in [0.717, 1.165) is 43.2 Å². The maximum Gasteiger partial charge on any atom is 0.123 e. The molecule has 0 spiro atoms. The molecule has 2 heteroatoms. The Bertz CT molecular complexity index is 439. The van der Waals surface area contributed by atoms with Crippen LogP contribution in [-0.4, -0.2) is 5.11 Å². The molecule has 0 aromatic heterocycles. The number of rotatable bonds is 1. The van der Waals surface area contributed by atoms with Crippen molar-refractivity contribution in [3.05, 3.63) is 35.1 Å². The molecule has 1 nitrogen and oxygen atoms in total. The zero-order chi connectivity index (χ0) is 13.4. The number of aliphatic hydroxyl groups is 1. The average molecular weight is 250 g/mol. The van der Waals surface area contributed by atoms with Crippen LogP contribution >= 0.6 is 0 Å². The first-order valence-electron chi connectivity index (χ1n) is 6.81. The lowest BCUT2D eigenvalue weighted by molar-refractivity contribution is 0.0174. The molecule has 1 saturated carbocycles. The van der Waals surface area contributed by atoms with Gasteiger partial charge in [0.05, 0.1) is 5.60 Å². The summed E-state index contributed by atoms with van der Waals surface area (Å²) in [6.45, 7) is 6.40. The highest BCUT2D eigenvalue weighted by atomic mass is 19.1. The van der Waals surface area contributed by atoms with Crippen LogP contribution in [0.2, 0.25) is 0 Å². The Morgan fingerprint density at radius 2 is 1.83 bits per heavy atom. The van der Waals surface area contributed by atoms with Crippen molar-refractivity contribution in [2.45, 2.75) is 58.5 Å². The van der Waals surface area contributed by atoms with E-state index in [0.29, 0.717) is 5.41 Å². The van der Waals surface area contributed by atoms with Crippen molar-refractivity contribution in [3.63, 3.8) is 0 Å². The predicted octanol–water partition coefficient (Wildman–Crippen LogP) is 4.31. The van der Waals surface area contributed by atoms with Gasteiger partial charge in [-0.1, -0.05) is 19.9 Å². The van der Waals surface area contributed by atoms with Gasteiger partial charge in [-0.25, -0.2) is 4.39 Å². The molecule has 0 saturated heterocycles. The molecule has 100 valence electrons. The van der Waals surface area contributed by atoms with Gasteiger partial charge in [0.25, 0.3) is 0 Å². The number of halogens is 1. The monoisotopic (exact) mass is 250 g/mol. The van der Waals surface area contributed by atoms with Crippen LogP contribution in [0.5, 0.6) is 0 Å². The van der Waals surface area contributed by atoms with Gasteiger partial charge in [-0.05, 0) is 67.7 Å². The fourth-order valence-electron chi connectivity index (χ4n) is 3.07. The number of hydrogen-bond acceptors (Lipinski definition) is 1. The fourth-order valence-corrected chi connectivity index (χ4v) is 3.07. The third kappa shape index (κ3) is 2.74. The molecule has 0 amide bonds.